The van der Waals surface area contributed by atoms with E-state index in [2.05, 4.69) is 21.2 Å². The first-order valence-corrected chi connectivity index (χ1v) is 6.29. The van der Waals surface area contributed by atoms with Crippen LogP contribution in [-0.4, -0.2) is 19.1 Å². The van der Waals surface area contributed by atoms with Crippen LogP contribution in [0, 0.1) is 11.7 Å². The van der Waals surface area contributed by atoms with Gasteiger partial charge in [-0.25, -0.2) is 4.39 Å². The Morgan fingerprint density at radius 2 is 2.29 bits per heavy atom. The first-order chi connectivity index (χ1) is 8.15. The summed E-state index contributed by atoms with van der Waals surface area (Å²) < 4.78 is 19.1. The molecule has 5 heteroatoms. The predicted molar refractivity (Wildman–Crippen MR) is 65.3 cm³/mol. The van der Waals surface area contributed by atoms with E-state index in [0.29, 0.717) is 16.9 Å². The SMILES string of the molecule is O=C(COc1cc(Br)ccc1F)NCC1CC1. The first kappa shape index (κ1) is 12.4. The summed E-state index contributed by atoms with van der Waals surface area (Å²) in [7, 11) is 0. The molecule has 1 aromatic rings. The molecule has 17 heavy (non-hydrogen) atoms. The maximum atomic E-state index is 13.3. The Morgan fingerprint density at radius 3 is 3.00 bits per heavy atom. The third kappa shape index (κ3) is 4.00. The van der Waals surface area contributed by atoms with E-state index in [0.717, 1.165) is 0 Å². The van der Waals surface area contributed by atoms with Crippen molar-refractivity contribution in [3.05, 3.63) is 28.5 Å². The standard InChI is InChI=1S/C12H13BrFNO2/c13-9-3-4-10(14)11(5-9)17-7-12(16)15-6-8-1-2-8/h3-5,8H,1-2,6-7H2,(H,15,16). The number of halogens is 2. The van der Waals surface area contributed by atoms with Crippen molar-refractivity contribution in [2.45, 2.75) is 12.8 Å². The fraction of sp³-hybridized carbons (Fsp3) is 0.417. The molecule has 1 aliphatic carbocycles. The Balaban J connectivity index is 1.79. The normalized spacial score (nSPS) is 14.5. The highest BCUT2D eigenvalue weighted by molar-refractivity contribution is 9.10. The van der Waals surface area contributed by atoms with Gasteiger partial charge < -0.3 is 10.1 Å². The Morgan fingerprint density at radius 1 is 1.53 bits per heavy atom. The van der Waals surface area contributed by atoms with E-state index >= 15 is 0 Å². The van der Waals surface area contributed by atoms with E-state index in [1.165, 1.54) is 25.0 Å². The van der Waals surface area contributed by atoms with Crippen LogP contribution >= 0.6 is 15.9 Å². The minimum absolute atomic E-state index is 0.0842. The molecule has 0 aromatic heterocycles. The molecule has 0 spiro atoms. The molecule has 0 unspecified atom stereocenters. The number of hydrogen-bond donors (Lipinski definition) is 1. The summed E-state index contributed by atoms with van der Waals surface area (Å²) in [4.78, 5) is 11.4. The number of carbonyl (C=O) groups excluding carboxylic acids is 1. The van der Waals surface area contributed by atoms with Crippen molar-refractivity contribution in [2.75, 3.05) is 13.2 Å². The molecule has 0 radical (unpaired) electrons. The average molecular weight is 302 g/mol. The molecule has 1 fully saturated rings. The highest BCUT2D eigenvalue weighted by Crippen LogP contribution is 2.27. The summed E-state index contributed by atoms with van der Waals surface area (Å²) in [5.74, 6) is 0.0296. The zero-order valence-corrected chi connectivity index (χ0v) is 10.8. The first-order valence-electron chi connectivity index (χ1n) is 5.49. The van der Waals surface area contributed by atoms with Crippen LogP contribution in [0.25, 0.3) is 0 Å². The van der Waals surface area contributed by atoms with Crippen LogP contribution in [0.1, 0.15) is 12.8 Å². The second-order valence-corrected chi connectivity index (χ2v) is 5.03. The predicted octanol–water partition coefficient (Wildman–Crippen LogP) is 2.49. The highest BCUT2D eigenvalue weighted by atomic mass is 79.9. The summed E-state index contributed by atoms with van der Waals surface area (Å²) in [6, 6.07) is 4.38. The van der Waals surface area contributed by atoms with Crippen molar-refractivity contribution in [1.29, 1.82) is 0 Å². The average Bonchev–Trinajstić information content (AvgIpc) is 3.11. The zero-order valence-electron chi connectivity index (χ0n) is 9.21. The van der Waals surface area contributed by atoms with E-state index in [9.17, 15) is 9.18 Å². The van der Waals surface area contributed by atoms with Crippen LogP contribution in [0.2, 0.25) is 0 Å². The fourth-order valence-corrected chi connectivity index (χ4v) is 1.70. The number of rotatable bonds is 5. The Labute approximate surface area is 107 Å². The molecule has 1 amide bonds. The van der Waals surface area contributed by atoms with Crippen LogP contribution < -0.4 is 10.1 Å². The summed E-state index contributed by atoms with van der Waals surface area (Å²) in [6.07, 6.45) is 2.36. The van der Waals surface area contributed by atoms with Gasteiger partial charge in [-0.3, -0.25) is 4.79 Å². The summed E-state index contributed by atoms with van der Waals surface area (Å²) in [5, 5.41) is 2.75. The van der Waals surface area contributed by atoms with Gasteiger partial charge in [-0.1, -0.05) is 15.9 Å². The van der Waals surface area contributed by atoms with E-state index in [1.54, 1.807) is 6.07 Å². The van der Waals surface area contributed by atoms with Crippen molar-refractivity contribution in [3.8, 4) is 5.75 Å². The van der Waals surface area contributed by atoms with Gasteiger partial charge >= 0.3 is 0 Å². The monoisotopic (exact) mass is 301 g/mol. The maximum absolute atomic E-state index is 13.3. The van der Waals surface area contributed by atoms with Gasteiger partial charge in [0.05, 0.1) is 0 Å². The van der Waals surface area contributed by atoms with Gasteiger partial charge in [0.1, 0.15) is 0 Å². The third-order valence-electron chi connectivity index (χ3n) is 2.54. The second kappa shape index (κ2) is 5.49. The fourth-order valence-electron chi connectivity index (χ4n) is 1.36. The molecule has 0 bridgehead atoms. The Kier molecular flexibility index (Phi) is 3.99. The number of nitrogens with one attached hydrogen (secondary N) is 1. The molecular formula is C12H13BrFNO2. The molecule has 2 rings (SSSR count). The van der Waals surface area contributed by atoms with Crippen molar-refractivity contribution >= 4 is 21.8 Å². The minimum Gasteiger partial charge on any atom is -0.481 e. The smallest absolute Gasteiger partial charge is 0.257 e. The molecule has 3 nitrogen and oxygen atoms in total. The van der Waals surface area contributed by atoms with Crippen LogP contribution in [-0.2, 0) is 4.79 Å². The molecule has 1 aliphatic rings. The van der Waals surface area contributed by atoms with Gasteiger partial charge in [-0.2, -0.15) is 0 Å². The summed E-state index contributed by atoms with van der Waals surface area (Å²) >= 11 is 3.21. The van der Waals surface area contributed by atoms with Gasteiger partial charge in [0.15, 0.2) is 18.2 Å². The lowest BCUT2D eigenvalue weighted by Gasteiger charge is -2.08. The molecule has 0 atom stereocenters. The molecule has 0 saturated heterocycles. The van der Waals surface area contributed by atoms with Crippen molar-refractivity contribution in [2.24, 2.45) is 5.92 Å². The number of carbonyl (C=O) groups is 1. The van der Waals surface area contributed by atoms with Gasteiger partial charge in [-0.15, -0.1) is 0 Å². The third-order valence-corrected chi connectivity index (χ3v) is 3.03. The Bertz CT molecular complexity index is 421. The molecular weight excluding hydrogens is 289 g/mol. The van der Waals surface area contributed by atoms with Gasteiger partial charge in [0.25, 0.3) is 5.91 Å². The topological polar surface area (TPSA) is 38.3 Å². The number of benzene rings is 1. The zero-order chi connectivity index (χ0) is 12.3. The molecule has 0 aliphatic heterocycles. The van der Waals surface area contributed by atoms with Crippen LogP contribution in [0.4, 0.5) is 4.39 Å². The lowest BCUT2D eigenvalue weighted by Crippen LogP contribution is -2.30. The van der Waals surface area contributed by atoms with Crippen molar-refractivity contribution in [1.82, 2.24) is 5.32 Å². The number of amides is 1. The van der Waals surface area contributed by atoms with Crippen molar-refractivity contribution in [3.63, 3.8) is 0 Å². The van der Waals surface area contributed by atoms with E-state index in [-0.39, 0.29) is 18.3 Å². The van der Waals surface area contributed by atoms with Crippen LogP contribution in [0.3, 0.4) is 0 Å². The van der Waals surface area contributed by atoms with Crippen molar-refractivity contribution < 1.29 is 13.9 Å². The molecule has 1 aromatic carbocycles. The number of hydrogen-bond acceptors (Lipinski definition) is 2. The molecule has 0 heterocycles. The highest BCUT2D eigenvalue weighted by Gasteiger charge is 2.21. The lowest BCUT2D eigenvalue weighted by molar-refractivity contribution is -0.123. The lowest BCUT2D eigenvalue weighted by atomic mass is 10.3. The largest absolute Gasteiger partial charge is 0.481 e. The Hall–Kier alpha value is -1.10. The summed E-state index contributed by atoms with van der Waals surface area (Å²) in [6.45, 7) is 0.545. The molecule has 1 N–H and O–H groups in total. The number of ether oxygens (including phenoxy) is 1. The van der Waals surface area contributed by atoms with Gasteiger partial charge in [-0.05, 0) is 37.0 Å². The van der Waals surface area contributed by atoms with Crippen LogP contribution in [0.5, 0.6) is 5.75 Å². The minimum atomic E-state index is -0.469. The maximum Gasteiger partial charge on any atom is 0.257 e. The molecule has 92 valence electrons. The van der Waals surface area contributed by atoms with E-state index in [1.807, 2.05) is 0 Å². The summed E-state index contributed by atoms with van der Waals surface area (Å²) in [5.41, 5.74) is 0. The quantitative estimate of drug-likeness (QED) is 0.907. The van der Waals surface area contributed by atoms with E-state index < -0.39 is 5.82 Å². The van der Waals surface area contributed by atoms with Crippen LogP contribution in [0.15, 0.2) is 22.7 Å². The van der Waals surface area contributed by atoms with E-state index in [4.69, 9.17) is 4.74 Å². The molecule has 1 saturated carbocycles. The van der Waals surface area contributed by atoms with Gasteiger partial charge in [0, 0.05) is 11.0 Å². The van der Waals surface area contributed by atoms with Gasteiger partial charge in [0.2, 0.25) is 0 Å². The second-order valence-electron chi connectivity index (χ2n) is 4.11.